The number of guanidine groups is 1. The van der Waals surface area contributed by atoms with E-state index in [1.54, 1.807) is 23.4 Å². The number of nitrogens with zero attached hydrogens (tertiary/aromatic N) is 5. The van der Waals surface area contributed by atoms with Crippen LogP contribution < -0.4 is 15.5 Å². The molecule has 0 bridgehead atoms. The number of anilines is 2. The van der Waals surface area contributed by atoms with E-state index in [-0.39, 0.29) is 18.4 Å². The lowest BCUT2D eigenvalue weighted by Gasteiger charge is -2.16. The van der Waals surface area contributed by atoms with Gasteiger partial charge in [0.05, 0.1) is 6.54 Å². The van der Waals surface area contributed by atoms with E-state index in [0.29, 0.717) is 17.2 Å². The van der Waals surface area contributed by atoms with Crippen LogP contribution in [0.2, 0.25) is 0 Å². The second-order valence-electron chi connectivity index (χ2n) is 7.91. The second-order valence-corrected chi connectivity index (χ2v) is 9.03. The summed E-state index contributed by atoms with van der Waals surface area (Å²) in [5.41, 5.74) is 4.73. The number of pyridine rings is 1. The molecule has 0 saturated carbocycles. The topological polar surface area (TPSA) is 106 Å². The third kappa shape index (κ3) is 4.92. The quantitative estimate of drug-likeness (QED) is 0.181. The number of hydrogen-bond acceptors (Lipinski definition) is 6. The first-order chi connectivity index (χ1) is 17.6. The van der Waals surface area contributed by atoms with E-state index in [1.807, 2.05) is 30.3 Å². The molecule has 1 aliphatic heterocycles. The number of nitriles is 1. The van der Waals surface area contributed by atoms with E-state index in [0.717, 1.165) is 33.7 Å². The fourth-order valence-electron chi connectivity index (χ4n) is 4.09. The summed E-state index contributed by atoms with van der Waals surface area (Å²) >= 11 is 1.27. The Kier molecular flexibility index (Phi) is 6.64. The zero-order valence-electron chi connectivity index (χ0n) is 19.0. The lowest BCUT2D eigenvalue weighted by molar-refractivity contribution is 0.0989. The SMILES string of the molecule is N#C/N=C(\NCc1cnc(C(=O)N2CCc3c(-c4ccccc4)cccc32)s1)Nc1ccnc(F)c1. The summed E-state index contributed by atoms with van der Waals surface area (Å²) in [4.78, 5) is 27.4. The predicted molar refractivity (Wildman–Crippen MR) is 137 cm³/mol. The highest BCUT2D eigenvalue weighted by atomic mass is 32.1. The van der Waals surface area contributed by atoms with Gasteiger partial charge >= 0.3 is 0 Å². The van der Waals surface area contributed by atoms with Gasteiger partial charge in [0.15, 0.2) is 5.01 Å². The molecule has 0 atom stereocenters. The molecule has 1 aliphatic rings. The fraction of sp³-hybridized carbons (Fsp3) is 0.115. The minimum absolute atomic E-state index is 0.145. The van der Waals surface area contributed by atoms with E-state index >= 15 is 0 Å². The maximum Gasteiger partial charge on any atom is 0.287 e. The largest absolute Gasteiger partial charge is 0.350 e. The van der Waals surface area contributed by atoms with Crippen LogP contribution in [0.25, 0.3) is 11.1 Å². The van der Waals surface area contributed by atoms with Gasteiger partial charge in [-0.25, -0.2) is 9.97 Å². The van der Waals surface area contributed by atoms with Gasteiger partial charge in [-0.2, -0.15) is 9.65 Å². The smallest absolute Gasteiger partial charge is 0.287 e. The molecule has 5 rings (SSSR count). The number of carbonyl (C=O) groups is 1. The van der Waals surface area contributed by atoms with Crippen LogP contribution in [0.15, 0.2) is 78.0 Å². The number of halogens is 1. The maximum atomic E-state index is 13.3. The lowest BCUT2D eigenvalue weighted by Crippen LogP contribution is -2.30. The van der Waals surface area contributed by atoms with Crippen molar-refractivity contribution >= 4 is 34.6 Å². The second kappa shape index (κ2) is 10.3. The van der Waals surface area contributed by atoms with Gasteiger partial charge in [0.2, 0.25) is 18.1 Å². The molecule has 36 heavy (non-hydrogen) atoms. The highest BCUT2D eigenvalue weighted by Crippen LogP contribution is 2.37. The number of rotatable bonds is 5. The number of carbonyl (C=O) groups excluding carboxylic acids is 1. The van der Waals surface area contributed by atoms with Gasteiger partial charge in [0, 0.05) is 41.3 Å². The molecule has 0 radical (unpaired) electrons. The molecule has 0 fully saturated rings. The molecule has 3 heterocycles. The third-order valence-corrected chi connectivity index (χ3v) is 6.66. The number of amides is 1. The Balaban J connectivity index is 1.28. The number of hydrogen-bond donors (Lipinski definition) is 2. The Morgan fingerprint density at radius 3 is 2.83 bits per heavy atom. The monoisotopic (exact) mass is 497 g/mol. The number of benzene rings is 2. The Hall–Kier alpha value is -4.62. The molecule has 2 aromatic carbocycles. The maximum absolute atomic E-state index is 13.3. The summed E-state index contributed by atoms with van der Waals surface area (Å²) in [7, 11) is 0. The first-order valence-electron chi connectivity index (χ1n) is 11.2. The highest BCUT2D eigenvalue weighted by molar-refractivity contribution is 7.13. The molecule has 10 heteroatoms. The van der Waals surface area contributed by atoms with Crippen molar-refractivity contribution in [2.24, 2.45) is 4.99 Å². The number of thiazole rings is 1. The van der Waals surface area contributed by atoms with Crippen molar-refractivity contribution in [1.29, 1.82) is 5.26 Å². The summed E-state index contributed by atoms with van der Waals surface area (Å²) < 4.78 is 13.3. The van der Waals surface area contributed by atoms with E-state index in [2.05, 4.69) is 43.8 Å². The number of aromatic nitrogens is 2. The normalized spacial score (nSPS) is 12.7. The molecular weight excluding hydrogens is 477 g/mol. The fourth-order valence-corrected chi connectivity index (χ4v) is 4.89. The van der Waals surface area contributed by atoms with Crippen molar-refractivity contribution in [3.8, 4) is 17.3 Å². The molecular formula is C26H20FN7OS. The Morgan fingerprint density at radius 2 is 2.03 bits per heavy atom. The standard InChI is InChI=1S/C26H20FN7OS/c27-23-13-18(9-11-29-23)33-26(32-16-28)31-15-19-14-30-24(36-19)25(35)34-12-10-21-20(7-4-8-22(21)34)17-5-2-1-3-6-17/h1-9,11,13-14H,10,12,15H2,(H2,29,31,32,33). The average molecular weight is 498 g/mol. The molecule has 2 N–H and O–H groups in total. The van der Waals surface area contributed by atoms with Crippen molar-refractivity contribution in [3.63, 3.8) is 0 Å². The molecule has 2 aromatic heterocycles. The van der Waals surface area contributed by atoms with Crippen molar-refractivity contribution in [2.75, 3.05) is 16.8 Å². The summed E-state index contributed by atoms with van der Waals surface area (Å²) in [5.74, 6) is -0.654. The van der Waals surface area contributed by atoms with Crippen molar-refractivity contribution in [3.05, 3.63) is 94.5 Å². The molecule has 4 aromatic rings. The molecule has 0 saturated heterocycles. The lowest BCUT2D eigenvalue weighted by atomic mass is 9.98. The number of nitrogens with one attached hydrogen (secondary N) is 2. The molecule has 0 aliphatic carbocycles. The minimum atomic E-state index is -0.652. The Morgan fingerprint density at radius 1 is 1.17 bits per heavy atom. The molecule has 0 spiro atoms. The molecule has 8 nitrogen and oxygen atoms in total. The van der Waals surface area contributed by atoms with Crippen molar-refractivity contribution in [2.45, 2.75) is 13.0 Å². The average Bonchev–Trinajstić information content (AvgIpc) is 3.55. The summed E-state index contributed by atoms with van der Waals surface area (Å²) in [5, 5.41) is 15.2. The first kappa shape index (κ1) is 23.1. The van der Waals surface area contributed by atoms with E-state index in [4.69, 9.17) is 5.26 Å². The van der Waals surface area contributed by atoms with E-state index in [9.17, 15) is 9.18 Å². The van der Waals surface area contributed by atoms with Crippen LogP contribution in [0.5, 0.6) is 0 Å². The van der Waals surface area contributed by atoms with Gasteiger partial charge in [-0.1, -0.05) is 42.5 Å². The van der Waals surface area contributed by atoms with Gasteiger partial charge in [-0.15, -0.1) is 16.3 Å². The third-order valence-electron chi connectivity index (χ3n) is 5.68. The molecule has 0 unspecified atom stereocenters. The number of fused-ring (bicyclic) bond motifs is 1. The van der Waals surface area contributed by atoms with Crippen LogP contribution in [-0.2, 0) is 13.0 Å². The first-order valence-corrected chi connectivity index (χ1v) is 12.0. The van der Waals surface area contributed by atoms with Gasteiger partial charge in [0.25, 0.3) is 5.91 Å². The summed E-state index contributed by atoms with van der Waals surface area (Å²) in [6, 6.07) is 18.9. The van der Waals surface area contributed by atoms with Crippen LogP contribution in [0, 0.1) is 17.4 Å². The molecule has 1 amide bonds. The predicted octanol–water partition coefficient (Wildman–Crippen LogP) is 4.59. The summed E-state index contributed by atoms with van der Waals surface area (Å²) in [6.45, 7) is 0.872. The van der Waals surface area contributed by atoms with Crippen molar-refractivity contribution in [1.82, 2.24) is 15.3 Å². The summed E-state index contributed by atoms with van der Waals surface area (Å²) in [6.07, 6.45) is 5.42. The van der Waals surface area contributed by atoms with Crippen LogP contribution in [-0.4, -0.2) is 28.4 Å². The van der Waals surface area contributed by atoms with Crippen molar-refractivity contribution < 1.29 is 9.18 Å². The number of aliphatic imine (C=N–C) groups is 1. The Labute approximate surface area is 210 Å². The van der Waals surface area contributed by atoms with Crippen LogP contribution in [0.3, 0.4) is 0 Å². The van der Waals surface area contributed by atoms with Gasteiger partial charge in [-0.05, 0) is 35.2 Å². The van der Waals surface area contributed by atoms with Gasteiger partial charge in [0.1, 0.15) is 0 Å². The highest BCUT2D eigenvalue weighted by Gasteiger charge is 2.29. The van der Waals surface area contributed by atoms with Gasteiger partial charge < -0.3 is 15.5 Å². The van der Waals surface area contributed by atoms with Crippen LogP contribution in [0.4, 0.5) is 15.8 Å². The van der Waals surface area contributed by atoms with Crippen LogP contribution >= 0.6 is 11.3 Å². The van der Waals surface area contributed by atoms with Gasteiger partial charge in [-0.3, -0.25) is 4.79 Å². The molecule has 178 valence electrons. The zero-order chi connectivity index (χ0) is 24.9. The minimum Gasteiger partial charge on any atom is -0.350 e. The van der Waals surface area contributed by atoms with E-state index in [1.165, 1.54) is 23.6 Å². The van der Waals surface area contributed by atoms with E-state index < -0.39 is 5.95 Å². The van der Waals surface area contributed by atoms with Crippen LogP contribution in [0.1, 0.15) is 20.2 Å². The zero-order valence-corrected chi connectivity index (χ0v) is 19.8. The Bertz CT molecular complexity index is 1480.